The van der Waals surface area contributed by atoms with E-state index in [9.17, 15) is 14.4 Å². The summed E-state index contributed by atoms with van der Waals surface area (Å²) in [5.41, 5.74) is -0.232. The topological polar surface area (TPSA) is 112 Å². The molecule has 1 aromatic rings. The van der Waals surface area contributed by atoms with Crippen LogP contribution in [0.25, 0.3) is 0 Å². The van der Waals surface area contributed by atoms with Gasteiger partial charge in [0.15, 0.2) is 0 Å². The molecule has 0 spiro atoms. The molecule has 2 rings (SSSR count). The summed E-state index contributed by atoms with van der Waals surface area (Å²) in [6, 6.07) is 9.47. The van der Waals surface area contributed by atoms with E-state index in [1.807, 2.05) is 63.1 Å². The van der Waals surface area contributed by atoms with E-state index in [2.05, 4.69) is 0 Å². The summed E-state index contributed by atoms with van der Waals surface area (Å²) in [4.78, 5) is 41.3. The average molecular weight is 480 g/mol. The van der Waals surface area contributed by atoms with Crippen molar-refractivity contribution in [3.05, 3.63) is 35.9 Å². The molecule has 1 aliphatic heterocycles. The lowest BCUT2D eigenvalue weighted by molar-refractivity contribution is -0.320. The minimum absolute atomic E-state index is 0.0359. The highest BCUT2D eigenvalue weighted by Gasteiger charge is 2.48. The maximum absolute atomic E-state index is 12.1. The second-order valence-electron chi connectivity index (χ2n) is 10.1. The van der Waals surface area contributed by atoms with Crippen LogP contribution in [-0.2, 0) is 28.6 Å². The number of piperidine rings is 1. The lowest BCUT2D eigenvalue weighted by Crippen LogP contribution is -2.62. The summed E-state index contributed by atoms with van der Waals surface area (Å²) in [7, 11) is 0. The fourth-order valence-corrected chi connectivity index (χ4v) is 4.35. The van der Waals surface area contributed by atoms with Gasteiger partial charge in [-0.1, -0.05) is 30.3 Å². The van der Waals surface area contributed by atoms with Crippen molar-refractivity contribution in [2.75, 3.05) is 6.61 Å². The van der Waals surface area contributed by atoms with E-state index in [-0.39, 0.29) is 31.7 Å². The lowest BCUT2D eigenvalue weighted by Gasteiger charge is -2.54. The zero-order chi connectivity index (χ0) is 25.5. The predicted molar refractivity (Wildman–Crippen MR) is 124 cm³/mol. The molecule has 1 fully saturated rings. The van der Waals surface area contributed by atoms with Gasteiger partial charge in [-0.2, -0.15) is 5.06 Å². The van der Waals surface area contributed by atoms with Gasteiger partial charge in [-0.3, -0.25) is 14.4 Å². The first-order valence-corrected chi connectivity index (χ1v) is 11.6. The van der Waals surface area contributed by atoms with E-state index >= 15 is 0 Å². The van der Waals surface area contributed by atoms with Crippen LogP contribution in [0, 0.1) is 0 Å². The number of hydrogen-bond donors (Lipinski definition) is 1. The number of ether oxygens (including phenoxy) is 3. The minimum Gasteiger partial charge on any atom is -0.481 e. The van der Waals surface area contributed by atoms with E-state index in [1.54, 1.807) is 13.8 Å². The molecule has 0 aliphatic carbocycles. The molecule has 34 heavy (non-hydrogen) atoms. The third-order valence-corrected chi connectivity index (χ3v) is 5.48. The van der Waals surface area contributed by atoms with Crippen LogP contribution < -0.4 is 0 Å². The van der Waals surface area contributed by atoms with Crippen LogP contribution in [0.3, 0.4) is 0 Å². The van der Waals surface area contributed by atoms with Crippen molar-refractivity contribution < 1.29 is 38.5 Å². The van der Waals surface area contributed by atoms with Crippen LogP contribution in [-0.4, -0.2) is 58.2 Å². The normalized spacial score (nSPS) is 18.8. The number of carbonyl (C=O) groups is 3. The smallest absolute Gasteiger partial charge is 0.481 e. The Kier molecular flexibility index (Phi) is 9.46. The number of esters is 1. The minimum atomic E-state index is -1.03. The summed E-state index contributed by atoms with van der Waals surface area (Å²) in [5, 5.41) is 10.7. The quantitative estimate of drug-likeness (QED) is 0.479. The highest BCUT2D eigenvalue weighted by atomic mass is 16.7. The number of benzene rings is 1. The summed E-state index contributed by atoms with van der Waals surface area (Å²) >= 11 is 0. The number of hydroxylamine groups is 2. The van der Waals surface area contributed by atoms with E-state index < -0.39 is 35.3 Å². The largest absolute Gasteiger partial charge is 0.508 e. The molecule has 1 atom stereocenters. The number of hydrogen-bond acceptors (Lipinski definition) is 8. The van der Waals surface area contributed by atoms with Gasteiger partial charge in [0, 0.05) is 23.9 Å². The maximum atomic E-state index is 12.1. The van der Waals surface area contributed by atoms with Crippen LogP contribution in [0.15, 0.2) is 30.3 Å². The number of aliphatic carboxylic acids is 1. The van der Waals surface area contributed by atoms with Gasteiger partial charge in [0.25, 0.3) is 0 Å². The Labute approximate surface area is 201 Å². The molecule has 0 amide bonds. The molecule has 0 bridgehead atoms. The van der Waals surface area contributed by atoms with Crippen molar-refractivity contribution in [3.8, 4) is 0 Å². The molecule has 1 aliphatic rings. The van der Waals surface area contributed by atoms with Gasteiger partial charge >= 0.3 is 18.1 Å². The van der Waals surface area contributed by atoms with Crippen molar-refractivity contribution in [2.45, 2.75) is 96.6 Å². The predicted octanol–water partition coefficient (Wildman–Crippen LogP) is 4.65. The Morgan fingerprint density at radius 1 is 1.03 bits per heavy atom. The van der Waals surface area contributed by atoms with Gasteiger partial charge < -0.3 is 19.3 Å². The van der Waals surface area contributed by atoms with E-state index in [4.69, 9.17) is 24.2 Å². The molecule has 0 radical (unpaired) electrons. The summed E-state index contributed by atoms with van der Waals surface area (Å²) < 4.78 is 16.0. The highest BCUT2D eigenvalue weighted by molar-refractivity contribution is 5.76. The van der Waals surface area contributed by atoms with Gasteiger partial charge in [0.1, 0.15) is 18.8 Å². The Morgan fingerprint density at radius 3 is 2.15 bits per heavy atom. The highest BCUT2D eigenvalue weighted by Crippen LogP contribution is 2.42. The number of rotatable bonds is 10. The van der Waals surface area contributed by atoms with Gasteiger partial charge in [0.2, 0.25) is 0 Å². The molecule has 1 heterocycles. The Hall–Kier alpha value is -2.65. The number of carboxylic acids is 1. The van der Waals surface area contributed by atoms with Crippen LogP contribution in [0.2, 0.25) is 0 Å². The number of nitrogens with zero attached hydrogens (tertiary/aromatic N) is 1. The molecule has 0 aromatic heterocycles. The summed E-state index contributed by atoms with van der Waals surface area (Å²) in [6.45, 7) is 11.4. The second-order valence-corrected chi connectivity index (χ2v) is 10.1. The second kappa shape index (κ2) is 11.7. The van der Waals surface area contributed by atoms with Crippen molar-refractivity contribution in [2.24, 2.45) is 0 Å². The number of carboxylic acid groups (broad SMARTS) is 1. The Balaban J connectivity index is 2.14. The molecule has 0 saturated carbocycles. The van der Waals surface area contributed by atoms with Gasteiger partial charge in [-0.25, -0.2) is 4.79 Å². The Morgan fingerprint density at radius 2 is 1.62 bits per heavy atom. The molecule has 9 heteroatoms. The molecule has 1 unspecified atom stereocenters. The van der Waals surface area contributed by atoms with E-state index in [0.717, 1.165) is 5.56 Å². The number of carbonyl (C=O) groups excluding carboxylic acids is 2. The van der Waals surface area contributed by atoms with E-state index in [0.29, 0.717) is 12.8 Å². The van der Waals surface area contributed by atoms with Gasteiger partial charge in [-0.05, 0) is 47.1 Å². The van der Waals surface area contributed by atoms with Crippen LogP contribution in [0.4, 0.5) is 4.79 Å². The van der Waals surface area contributed by atoms with Crippen molar-refractivity contribution in [1.29, 1.82) is 0 Å². The molecular weight excluding hydrogens is 442 g/mol. The first kappa shape index (κ1) is 27.6. The first-order valence-electron chi connectivity index (χ1n) is 11.6. The zero-order valence-electron chi connectivity index (χ0n) is 20.9. The lowest BCUT2D eigenvalue weighted by atomic mass is 9.80. The molecule has 9 nitrogen and oxygen atoms in total. The standard InChI is InChI=1S/C25H37NO8/c1-17(2)32-23(30)31-16-20(18-10-8-7-9-11-18)34-26-24(3,4)14-19(15-25(26,5)6)33-22(29)13-12-21(27)28/h7-11,17,19-20H,12-16H2,1-6H3,(H,27,28). The zero-order valence-corrected chi connectivity index (χ0v) is 20.9. The van der Waals surface area contributed by atoms with Gasteiger partial charge in [-0.15, -0.1) is 0 Å². The SMILES string of the molecule is CC(C)OC(=O)OCC(ON1C(C)(C)CC(OC(=O)CCC(=O)O)CC1(C)C)c1ccccc1. The first-order chi connectivity index (χ1) is 15.8. The van der Waals surface area contributed by atoms with Crippen LogP contribution in [0.1, 0.15) is 78.9 Å². The monoisotopic (exact) mass is 479 g/mol. The summed E-state index contributed by atoms with van der Waals surface area (Å²) in [5.74, 6) is -1.56. The van der Waals surface area contributed by atoms with Crippen molar-refractivity contribution >= 4 is 18.1 Å². The fraction of sp³-hybridized carbons (Fsp3) is 0.640. The Bertz CT molecular complexity index is 819. The van der Waals surface area contributed by atoms with Crippen molar-refractivity contribution in [3.63, 3.8) is 0 Å². The van der Waals surface area contributed by atoms with Crippen LogP contribution in [0.5, 0.6) is 0 Å². The molecule has 1 saturated heterocycles. The molecular formula is C25H37NO8. The summed E-state index contributed by atoms with van der Waals surface area (Å²) in [6.07, 6.45) is -1.44. The van der Waals surface area contributed by atoms with Crippen LogP contribution >= 0.6 is 0 Å². The van der Waals surface area contributed by atoms with Crippen molar-refractivity contribution in [1.82, 2.24) is 5.06 Å². The molecule has 1 N–H and O–H groups in total. The molecule has 190 valence electrons. The van der Waals surface area contributed by atoms with E-state index in [1.165, 1.54) is 0 Å². The third kappa shape index (κ3) is 8.29. The molecule has 1 aromatic carbocycles. The fourth-order valence-electron chi connectivity index (χ4n) is 4.35. The van der Waals surface area contributed by atoms with Gasteiger partial charge in [0.05, 0.1) is 18.9 Å². The maximum Gasteiger partial charge on any atom is 0.508 e. The average Bonchev–Trinajstić information content (AvgIpc) is 2.70. The third-order valence-electron chi connectivity index (χ3n) is 5.48.